The Morgan fingerprint density at radius 2 is 2.06 bits per heavy atom. The van der Waals surface area contributed by atoms with Gasteiger partial charge in [0, 0.05) is 12.3 Å². The van der Waals surface area contributed by atoms with Gasteiger partial charge >= 0.3 is 0 Å². The largest absolute Gasteiger partial charge is 0.394 e. The number of Topliss-reactive ketones (excluding diaryl/α,β-unsaturated/α-hetero) is 1. The predicted molar refractivity (Wildman–Crippen MR) is 60.8 cm³/mol. The first-order valence-electron chi connectivity index (χ1n) is 5.67. The fourth-order valence-electron chi connectivity index (χ4n) is 2.03. The van der Waals surface area contributed by atoms with Crippen molar-refractivity contribution in [2.24, 2.45) is 5.92 Å². The van der Waals surface area contributed by atoms with E-state index in [2.05, 4.69) is 0 Å². The van der Waals surface area contributed by atoms with Gasteiger partial charge in [-0.1, -0.05) is 20.8 Å². The summed E-state index contributed by atoms with van der Waals surface area (Å²) in [6.45, 7) is 5.83. The minimum absolute atomic E-state index is 0.0139. The Morgan fingerprint density at radius 1 is 1.44 bits per heavy atom. The number of aliphatic hydroxyl groups is 1. The molecular formula is C12H19NO3. The van der Waals surface area contributed by atoms with Gasteiger partial charge in [-0.25, -0.2) is 0 Å². The molecule has 0 amide bonds. The molecular weight excluding hydrogens is 206 g/mol. The Hall–Kier alpha value is -1.16. The second-order valence-corrected chi connectivity index (χ2v) is 4.41. The molecule has 1 N–H and O–H groups in total. The van der Waals surface area contributed by atoms with Gasteiger partial charge in [-0.2, -0.15) is 0 Å². The molecule has 0 aromatic carbocycles. The van der Waals surface area contributed by atoms with E-state index in [-0.39, 0.29) is 24.3 Å². The van der Waals surface area contributed by atoms with Crippen LogP contribution in [0.4, 0.5) is 0 Å². The molecule has 1 unspecified atom stereocenters. The molecule has 4 nitrogen and oxygen atoms in total. The van der Waals surface area contributed by atoms with Crippen molar-refractivity contribution < 1.29 is 14.7 Å². The number of hydrogen-bond acceptors (Lipinski definition) is 4. The van der Waals surface area contributed by atoms with Crippen molar-refractivity contribution >= 4 is 11.6 Å². The molecule has 1 aliphatic heterocycles. The van der Waals surface area contributed by atoms with Crippen LogP contribution in [0.1, 0.15) is 27.2 Å². The summed E-state index contributed by atoms with van der Waals surface area (Å²) in [4.78, 5) is 24.8. The lowest BCUT2D eigenvalue weighted by Crippen LogP contribution is -2.51. The molecule has 0 saturated heterocycles. The summed E-state index contributed by atoms with van der Waals surface area (Å²) in [5.41, 5.74) is 0. The Bertz CT molecular complexity index is 309. The molecule has 0 aromatic heterocycles. The van der Waals surface area contributed by atoms with Crippen LogP contribution in [0.5, 0.6) is 0 Å². The number of carbonyl (C=O) groups is 2. The first kappa shape index (κ1) is 12.9. The van der Waals surface area contributed by atoms with E-state index in [4.69, 9.17) is 0 Å². The van der Waals surface area contributed by atoms with Crippen molar-refractivity contribution in [3.05, 3.63) is 12.3 Å². The molecule has 1 heterocycles. The van der Waals surface area contributed by atoms with Crippen molar-refractivity contribution in [2.45, 2.75) is 39.3 Å². The maximum Gasteiger partial charge on any atom is 0.225 e. The smallest absolute Gasteiger partial charge is 0.225 e. The minimum Gasteiger partial charge on any atom is -0.394 e. The van der Waals surface area contributed by atoms with E-state index in [1.54, 1.807) is 6.20 Å². The molecule has 0 fully saturated rings. The van der Waals surface area contributed by atoms with Crippen LogP contribution in [0, 0.1) is 5.92 Å². The van der Waals surface area contributed by atoms with Gasteiger partial charge in [0.25, 0.3) is 0 Å². The fourth-order valence-corrected chi connectivity index (χ4v) is 2.03. The van der Waals surface area contributed by atoms with Crippen molar-refractivity contribution in [3.63, 3.8) is 0 Å². The zero-order chi connectivity index (χ0) is 12.3. The Labute approximate surface area is 95.9 Å². The van der Waals surface area contributed by atoms with Crippen LogP contribution in [0.15, 0.2) is 12.3 Å². The molecule has 0 saturated carbocycles. The van der Waals surface area contributed by atoms with E-state index in [0.717, 1.165) is 0 Å². The quantitative estimate of drug-likeness (QED) is 0.717. The van der Waals surface area contributed by atoms with Gasteiger partial charge in [-0.05, 0) is 12.3 Å². The maximum absolute atomic E-state index is 11.7. The molecule has 0 radical (unpaired) electrons. The summed E-state index contributed by atoms with van der Waals surface area (Å²) in [5, 5.41) is 9.34. The Balaban J connectivity index is 2.97. The number of allylic oxidation sites excluding steroid dienone is 1. The molecule has 0 spiro atoms. The van der Waals surface area contributed by atoms with Gasteiger partial charge in [0.1, 0.15) is 0 Å². The van der Waals surface area contributed by atoms with Gasteiger partial charge in [0.2, 0.25) is 11.6 Å². The van der Waals surface area contributed by atoms with Crippen molar-refractivity contribution in [1.82, 2.24) is 4.90 Å². The fraction of sp³-hybridized carbons (Fsp3) is 0.667. The number of nitrogens with zero attached hydrogens (tertiary/aromatic N) is 1. The second kappa shape index (κ2) is 5.25. The Morgan fingerprint density at radius 3 is 2.50 bits per heavy atom. The number of hydrogen-bond donors (Lipinski definition) is 1. The lowest BCUT2D eigenvalue weighted by atomic mass is 9.95. The SMILES string of the molecule is CCC1C(=O)C(=O)C=CN1[C@H](CO)C(C)C. The highest BCUT2D eigenvalue weighted by Crippen LogP contribution is 2.20. The number of ketones is 2. The van der Waals surface area contributed by atoms with Gasteiger partial charge < -0.3 is 10.0 Å². The summed E-state index contributed by atoms with van der Waals surface area (Å²) < 4.78 is 0. The predicted octanol–water partition coefficient (Wildman–Crippen LogP) is 0.749. The first-order chi connectivity index (χ1) is 7.52. The van der Waals surface area contributed by atoms with E-state index in [1.807, 2.05) is 25.7 Å². The summed E-state index contributed by atoms with van der Waals surface area (Å²) in [6, 6.07) is -0.532. The van der Waals surface area contributed by atoms with E-state index >= 15 is 0 Å². The molecule has 0 aromatic rings. The van der Waals surface area contributed by atoms with Gasteiger partial charge in [0.05, 0.1) is 18.7 Å². The highest BCUT2D eigenvalue weighted by molar-refractivity contribution is 6.43. The molecule has 1 aliphatic rings. The molecule has 0 bridgehead atoms. The molecule has 4 heteroatoms. The zero-order valence-corrected chi connectivity index (χ0v) is 10.0. The third kappa shape index (κ3) is 2.32. The van der Waals surface area contributed by atoms with Crippen molar-refractivity contribution in [1.29, 1.82) is 0 Å². The molecule has 0 aliphatic carbocycles. The molecule has 2 atom stereocenters. The highest BCUT2D eigenvalue weighted by Gasteiger charge is 2.34. The van der Waals surface area contributed by atoms with E-state index in [1.165, 1.54) is 6.08 Å². The van der Waals surface area contributed by atoms with Crippen LogP contribution in [0.25, 0.3) is 0 Å². The number of rotatable bonds is 4. The zero-order valence-electron chi connectivity index (χ0n) is 10.0. The molecule has 90 valence electrons. The maximum atomic E-state index is 11.7. The third-order valence-electron chi connectivity index (χ3n) is 3.03. The summed E-state index contributed by atoms with van der Waals surface area (Å²) >= 11 is 0. The van der Waals surface area contributed by atoms with Gasteiger partial charge in [0.15, 0.2) is 0 Å². The van der Waals surface area contributed by atoms with E-state index in [0.29, 0.717) is 6.42 Å². The van der Waals surface area contributed by atoms with Crippen molar-refractivity contribution in [3.8, 4) is 0 Å². The van der Waals surface area contributed by atoms with Gasteiger partial charge in [-0.15, -0.1) is 0 Å². The van der Waals surface area contributed by atoms with Crippen LogP contribution < -0.4 is 0 Å². The average molecular weight is 225 g/mol. The molecule has 1 rings (SSSR count). The number of aliphatic hydroxyl groups excluding tert-OH is 1. The second-order valence-electron chi connectivity index (χ2n) is 4.41. The molecule has 16 heavy (non-hydrogen) atoms. The first-order valence-corrected chi connectivity index (χ1v) is 5.67. The normalized spacial score (nSPS) is 23.1. The van der Waals surface area contributed by atoms with E-state index in [9.17, 15) is 14.7 Å². The lowest BCUT2D eigenvalue weighted by molar-refractivity contribution is -0.138. The van der Waals surface area contributed by atoms with Gasteiger partial charge in [-0.3, -0.25) is 9.59 Å². The average Bonchev–Trinajstić information content (AvgIpc) is 2.24. The van der Waals surface area contributed by atoms with Crippen LogP contribution >= 0.6 is 0 Å². The highest BCUT2D eigenvalue weighted by atomic mass is 16.3. The monoisotopic (exact) mass is 225 g/mol. The minimum atomic E-state index is -0.441. The van der Waals surface area contributed by atoms with Crippen LogP contribution in [0.2, 0.25) is 0 Å². The number of carbonyl (C=O) groups excluding carboxylic acids is 2. The van der Waals surface area contributed by atoms with Crippen LogP contribution in [-0.4, -0.2) is 40.3 Å². The standard InChI is InChI=1S/C12H19NO3/c1-4-9-12(16)11(15)5-6-13(9)10(7-14)8(2)3/h5-6,8-10,14H,4,7H2,1-3H3/t9?,10-/m1/s1. The topological polar surface area (TPSA) is 57.6 Å². The van der Waals surface area contributed by atoms with Crippen LogP contribution in [-0.2, 0) is 9.59 Å². The summed E-state index contributed by atoms with van der Waals surface area (Å²) in [6.07, 6.45) is 3.51. The summed E-state index contributed by atoms with van der Waals surface area (Å²) in [5.74, 6) is -0.586. The lowest BCUT2D eigenvalue weighted by Gasteiger charge is -2.38. The summed E-state index contributed by atoms with van der Waals surface area (Å²) in [7, 11) is 0. The van der Waals surface area contributed by atoms with Crippen LogP contribution in [0.3, 0.4) is 0 Å². The van der Waals surface area contributed by atoms with E-state index < -0.39 is 11.8 Å². The third-order valence-corrected chi connectivity index (χ3v) is 3.03. The Kier molecular flexibility index (Phi) is 4.24. The van der Waals surface area contributed by atoms with Crippen molar-refractivity contribution in [2.75, 3.05) is 6.61 Å².